The van der Waals surface area contributed by atoms with Gasteiger partial charge in [-0.05, 0) is 12.8 Å². The summed E-state index contributed by atoms with van der Waals surface area (Å²) in [4.78, 5) is 23.5. The summed E-state index contributed by atoms with van der Waals surface area (Å²) >= 11 is 0. The van der Waals surface area contributed by atoms with Crippen LogP contribution in [-0.4, -0.2) is 65.7 Å². The molecule has 1 heterocycles. The summed E-state index contributed by atoms with van der Waals surface area (Å²) in [5.41, 5.74) is -0.302. The van der Waals surface area contributed by atoms with Crippen LogP contribution in [0.4, 0.5) is 13.6 Å². The number of hydrogen-bond donors (Lipinski definition) is 2. The Kier molecular flexibility index (Phi) is 7.89. The van der Waals surface area contributed by atoms with Gasteiger partial charge in [-0.25, -0.2) is 9.59 Å². The van der Waals surface area contributed by atoms with E-state index < -0.39 is 30.1 Å². The summed E-state index contributed by atoms with van der Waals surface area (Å²) in [6, 6.07) is 6.44. The highest BCUT2D eigenvalue weighted by molar-refractivity contribution is 5.70. The van der Waals surface area contributed by atoms with Gasteiger partial charge in [-0.1, -0.05) is 42.5 Å². The van der Waals surface area contributed by atoms with Crippen LogP contribution < -0.4 is 0 Å². The molecule has 28 heavy (non-hydrogen) atoms. The van der Waals surface area contributed by atoms with Crippen LogP contribution in [0.3, 0.4) is 0 Å². The Morgan fingerprint density at radius 2 is 2.07 bits per heavy atom. The lowest BCUT2D eigenvalue weighted by atomic mass is 10.0. The summed E-state index contributed by atoms with van der Waals surface area (Å²) in [5.74, 6) is -4.52. The number of nitrogens with zero attached hydrogens (tertiary/aromatic N) is 1. The Bertz CT molecular complexity index is 682. The maximum atomic E-state index is 14.3. The fourth-order valence-corrected chi connectivity index (χ4v) is 2.71. The molecule has 0 saturated carbocycles. The van der Waals surface area contributed by atoms with E-state index in [1.807, 2.05) is 0 Å². The Morgan fingerprint density at radius 1 is 1.36 bits per heavy atom. The van der Waals surface area contributed by atoms with Gasteiger partial charge >= 0.3 is 18.0 Å². The van der Waals surface area contributed by atoms with Gasteiger partial charge in [0.2, 0.25) is 0 Å². The molecular weight excluding hydrogens is 376 g/mol. The van der Waals surface area contributed by atoms with Gasteiger partial charge in [0.05, 0.1) is 6.04 Å². The quantitative estimate of drug-likeness (QED) is 0.438. The third-order valence-electron chi connectivity index (χ3n) is 4.22. The highest BCUT2D eigenvalue weighted by atomic mass is 19.3. The molecule has 0 spiro atoms. The third-order valence-corrected chi connectivity index (χ3v) is 4.22. The number of carbonyl (C=O) groups excluding carboxylic acids is 1. The van der Waals surface area contributed by atoms with Gasteiger partial charge in [0, 0.05) is 18.7 Å². The predicted molar refractivity (Wildman–Crippen MR) is 95.0 cm³/mol. The Morgan fingerprint density at radius 3 is 2.75 bits per heavy atom. The van der Waals surface area contributed by atoms with Gasteiger partial charge < -0.3 is 19.7 Å². The van der Waals surface area contributed by atoms with Crippen molar-refractivity contribution in [2.24, 2.45) is 0 Å². The second-order valence-corrected chi connectivity index (χ2v) is 6.31. The molecule has 2 rings (SSSR count). The van der Waals surface area contributed by atoms with Crippen molar-refractivity contribution in [1.29, 1.82) is 0 Å². The van der Waals surface area contributed by atoms with Gasteiger partial charge in [-0.15, -0.1) is 0 Å². The van der Waals surface area contributed by atoms with Crippen molar-refractivity contribution in [3.05, 3.63) is 48.0 Å². The second kappa shape index (κ2) is 10.1. The number of unbranched alkanes of at least 4 members (excludes halogenated alkanes) is 1. The van der Waals surface area contributed by atoms with E-state index in [2.05, 4.69) is 0 Å². The Balaban J connectivity index is 1.87. The maximum absolute atomic E-state index is 14.3. The van der Waals surface area contributed by atoms with Crippen molar-refractivity contribution in [3.63, 3.8) is 0 Å². The average Bonchev–Trinajstić information content (AvgIpc) is 3.02. The molecule has 0 aliphatic carbocycles. The number of aliphatic hydroxyl groups is 1. The standard InChI is InChI=1S/C19H23F2NO6/c20-19(21,14-6-2-1-3-7-14)16(23)9-8-15-12-28-18(26)22(15)10-4-5-11-27-13-17(24)25/h1-3,6-9,15-16,23H,4-5,10-13H2,(H,24,25). The Labute approximate surface area is 161 Å². The molecule has 1 fully saturated rings. The first-order valence-electron chi connectivity index (χ1n) is 8.85. The molecule has 154 valence electrons. The predicted octanol–water partition coefficient (Wildman–Crippen LogP) is 2.40. The highest BCUT2D eigenvalue weighted by Gasteiger charge is 2.39. The number of ether oxygens (including phenoxy) is 2. The summed E-state index contributed by atoms with van der Waals surface area (Å²) in [6.07, 6.45) is 0.766. The molecule has 9 heteroatoms. The molecular formula is C19H23F2NO6. The minimum Gasteiger partial charge on any atom is -0.480 e. The van der Waals surface area contributed by atoms with Crippen LogP contribution in [0.25, 0.3) is 0 Å². The number of cyclic esters (lactones) is 1. The van der Waals surface area contributed by atoms with Crippen LogP contribution >= 0.6 is 0 Å². The summed E-state index contributed by atoms with van der Waals surface area (Å²) < 4.78 is 38.5. The highest BCUT2D eigenvalue weighted by Crippen LogP contribution is 2.32. The molecule has 2 N–H and O–H groups in total. The summed E-state index contributed by atoms with van der Waals surface area (Å²) in [5, 5.41) is 18.4. The zero-order chi connectivity index (χ0) is 20.6. The van der Waals surface area contributed by atoms with Crippen LogP contribution in [0.5, 0.6) is 0 Å². The number of hydrogen-bond acceptors (Lipinski definition) is 5. The lowest BCUT2D eigenvalue weighted by Gasteiger charge is -2.22. The smallest absolute Gasteiger partial charge is 0.410 e. The summed E-state index contributed by atoms with van der Waals surface area (Å²) in [7, 11) is 0. The fourth-order valence-electron chi connectivity index (χ4n) is 2.71. The molecule has 1 amide bonds. The number of carbonyl (C=O) groups is 2. The van der Waals surface area contributed by atoms with E-state index in [0.717, 1.165) is 6.08 Å². The lowest BCUT2D eigenvalue weighted by Crippen LogP contribution is -2.34. The van der Waals surface area contributed by atoms with Crippen LogP contribution in [0.2, 0.25) is 0 Å². The van der Waals surface area contributed by atoms with Crippen molar-refractivity contribution in [2.45, 2.75) is 30.9 Å². The molecule has 1 aliphatic rings. The first-order valence-corrected chi connectivity index (χ1v) is 8.85. The molecule has 2 atom stereocenters. The van der Waals surface area contributed by atoms with Crippen LogP contribution in [0, 0.1) is 0 Å². The van der Waals surface area contributed by atoms with Crippen molar-refractivity contribution >= 4 is 12.1 Å². The van der Waals surface area contributed by atoms with Crippen molar-refractivity contribution < 1.29 is 38.1 Å². The number of alkyl halides is 2. The zero-order valence-corrected chi connectivity index (χ0v) is 15.2. The molecule has 1 saturated heterocycles. The summed E-state index contributed by atoms with van der Waals surface area (Å²) in [6.45, 7) is 0.159. The number of benzene rings is 1. The molecule has 1 aromatic carbocycles. The number of halogens is 2. The minimum atomic E-state index is -3.46. The molecule has 0 radical (unpaired) electrons. The van der Waals surface area contributed by atoms with E-state index in [0.29, 0.717) is 19.4 Å². The maximum Gasteiger partial charge on any atom is 0.410 e. The van der Waals surface area contributed by atoms with E-state index in [4.69, 9.17) is 14.6 Å². The number of aliphatic hydroxyl groups excluding tert-OH is 1. The van der Waals surface area contributed by atoms with Crippen molar-refractivity contribution in [1.82, 2.24) is 4.90 Å². The second-order valence-electron chi connectivity index (χ2n) is 6.31. The number of rotatable bonds is 11. The number of amides is 1. The number of carboxylic acid groups (broad SMARTS) is 1. The lowest BCUT2D eigenvalue weighted by molar-refractivity contribution is -0.142. The van der Waals surface area contributed by atoms with Crippen LogP contribution in [0.1, 0.15) is 18.4 Å². The van der Waals surface area contributed by atoms with Gasteiger partial charge in [0.1, 0.15) is 19.3 Å². The van der Waals surface area contributed by atoms with Crippen LogP contribution in [0.15, 0.2) is 42.5 Å². The van der Waals surface area contributed by atoms with E-state index >= 15 is 0 Å². The topological polar surface area (TPSA) is 96.3 Å². The van der Waals surface area contributed by atoms with Gasteiger partial charge in [-0.3, -0.25) is 4.90 Å². The van der Waals surface area contributed by atoms with Gasteiger partial charge in [-0.2, -0.15) is 8.78 Å². The zero-order valence-electron chi connectivity index (χ0n) is 15.2. The molecule has 2 unspecified atom stereocenters. The minimum absolute atomic E-state index is 0.00841. The van der Waals surface area contributed by atoms with Gasteiger partial charge in [0.25, 0.3) is 0 Å². The molecule has 1 aromatic rings. The van der Waals surface area contributed by atoms with E-state index in [1.54, 1.807) is 6.07 Å². The average molecular weight is 399 g/mol. The van der Waals surface area contributed by atoms with E-state index in [9.17, 15) is 23.5 Å². The van der Waals surface area contributed by atoms with E-state index in [-0.39, 0.29) is 25.4 Å². The molecule has 0 aromatic heterocycles. The van der Waals surface area contributed by atoms with Crippen molar-refractivity contribution in [3.8, 4) is 0 Å². The largest absolute Gasteiger partial charge is 0.480 e. The van der Waals surface area contributed by atoms with Crippen LogP contribution in [-0.2, 0) is 20.2 Å². The molecule has 1 aliphatic heterocycles. The Hall–Kier alpha value is -2.52. The fraction of sp³-hybridized carbons (Fsp3) is 0.474. The number of aliphatic carboxylic acids is 1. The van der Waals surface area contributed by atoms with Crippen molar-refractivity contribution in [2.75, 3.05) is 26.4 Å². The first kappa shape index (κ1) is 21.8. The first-order chi connectivity index (χ1) is 13.3. The molecule has 0 bridgehead atoms. The monoisotopic (exact) mass is 399 g/mol. The molecule has 7 nitrogen and oxygen atoms in total. The van der Waals surface area contributed by atoms with E-state index in [1.165, 1.54) is 35.2 Å². The third kappa shape index (κ3) is 6.00. The SMILES string of the molecule is O=C(O)COCCCCN1C(=O)OCC1C=CC(O)C(F)(F)c1ccccc1. The normalized spacial score (nSPS) is 18.5. The van der Waals surface area contributed by atoms with Gasteiger partial charge in [0.15, 0.2) is 0 Å². The number of carboxylic acids is 1.